The fourth-order valence-electron chi connectivity index (χ4n) is 1.36. The average Bonchev–Trinajstić information content (AvgIpc) is 2.25. The number of benzene rings is 1. The zero-order valence-electron chi connectivity index (χ0n) is 8.81. The van der Waals surface area contributed by atoms with E-state index < -0.39 is 29.5 Å². The van der Waals surface area contributed by atoms with E-state index in [-0.39, 0.29) is 12.0 Å². The number of rotatable bonds is 3. The summed E-state index contributed by atoms with van der Waals surface area (Å²) in [7, 11) is 0. The monoisotopic (exact) mass is 252 g/mol. The molecule has 6 heteroatoms. The molecule has 0 aromatic heterocycles. The molecule has 0 radical (unpaired) electrons. The molecule has 0 amide bonds. The number of alkyl halides is 5. The SMILES string of the molecule is CCC(=O)c1ccc(C(F)(F)F)cc1C(F)F. The van der Waals surface area contributed by atoms with Crippen LogP contribution >= 0.6 is 0 Å². The van der Waals surface area contributed by atoms with Crippen LogP contribution in [0.25, 0.3) is 0 Å². The number of carbonyl (C=O) groups is 1. The minimum absolute atomic E-state index is 0.0366. The lowest BCUT2D eigenvalue weighted by molar-refractivity contribution is -0.137. The number of halogens is 5. The molecule has 0 aliphatic heterocycles. The van der Waals surface area contributed by atoms with E-state index in [1.807, 2.05) is 0 Å². The van der Waals surface area contributed by atoms with Gasteiger partial charge in [0.05, 0.1) is 5.56 Å². The molecule has 0 heterocycles. The Bertz CT molecular complexity index is 422. The summed E-state index contributed by atoms with van der Waals surface area (Å²) < 4.78 is 62.1. The van der Waals surface area contributed by atoms with Gasteiger partial charge in [-0.2, -0.15) is 13.2 Å². The average molecular weight is 252 g/mol. The maximum absolute atomic E-state index is 12.6. The zero-order chi connectivity index (χ0) is 13.2. The standard InChI is InChI=1S/C11H9F5O/c1-2-9(17)7-4-3-6(11(14,15)16)5-8(7)10(12)13/h3-5,10H,2H2,1H3. The van der Waals surface area contributed by atoms with Crippen LogP contribution in [0.15, 0.2) is 18.2 Å². The zero-order valence-corrected chi connectivity index (χ0v) is 8.81. The molecule has 0 fully saturated rings. The van der Waals surface area contributed by atoms with E-state index in [4.69, 9.17) is 0 Å². The minimum Gasteiger partial charge on any atom is -0.294 e. The molecule has 1 aromatic carbocycles. The number of Topliss-reactive ketones (excluding diaryl/α,β-unsaturated/α-hetero) is 1. The predicted molar refractivity (Wildman–Crippen MR) is 51.0 cm³/mol. The van der Waals surface area contributed by atoms with Gasteiger partial charge >= 0.3 is 6.18 Å². The van der Waals surface area contributed by atoms with Crippen LogP contribution in [0.1, 0.15) is 41.3 Å². The van der Waals surface area contributed by atoms with Gasteiger partial charge in [0, 0.05) is 17.5 Å². The van der Waals surface area contributed by atoms with E-state index in [9.17, 15) is 26.7 Å². The largest absolute Gasteiger partial charge is 0.416 e. The van der Waals surface area contributed by atoms with Crippen LogP contribution in [0.5, 0.6) is 0 Å². The van der Waals surface area contributed by atoms with Crippen molar-refractivity contribution in [2.24, 2.45) is 0 Å². The third-order valence-electron chi connectivity index (χ3n) is 2.24. The van der Waals surface area contributed by atoms with Gasteiger partial charge in [-0.3, -0.25) is 4.79 Å². The minimum atomic E-state index is -4.70. The predicted octanol–water partition coefficient (Wildman–Crippen LogP) is 4.24. The number of hydrogen-bond acceptors (Lipinski definition) is 1. The van der Waals surface area contributed by atoms with Crippen molar-refractivity contribution in [1.29, 1.82) is 0 Å². The first kappa shape index (κ1) is 13.6. The molecule has 94 valence electrons. The summed E-state index contributed by atoms with van der Waals surface area (Å²) in [5.74, 6) is -0.603. The van der Waals surface area contributed by atoms with E-state index in [0.29, 0.717) is 12.1 Å². The fraction of sp³-hybridized carbons (Fsp3) is 0.364. The lowest BCUT2D eigenvalue weighted by Crippen LogP contribution is -2.09. The van der Waals surface area contributed by atoms with Crippen LogP contribution in [-0.2, 0) is 6.18 Å². The second-order valence-electron chi connectivity index (χ2n) is 3.38. The summed E-state index contributed by atoms with van der Waals surface area (Å²) in [6.45, 7) is 1.45. The van der Waals surface area contributed by atoms with Gasteiger partial charge in [-0.05, 0) is 12.1 Å². The summed E-state index contributed by atoms with van der Waals surface area (Å²) in [4.78, 5) is 11.3. The van der Waals surface area contributed by atoms with Gasteiger partial charge in [0.15, 0.2) is 5.78 Å². The molecule has 0 saturated carbocycles. The second-order valence-corrected chi connectivity index (χ2v) is 3.38. The number of ketones is 1. The van der Waals surface area contributed by atoms with Gasteiger partial charge in [-0.1, -0.05) is 13.0 Å². The Morgan fingerprint density at radius 2 is 1.88 bits per heavy atom. The maximum Gasteiger partial charge on any atom is 0.416 e. The lowest BCUT2D eigenvalue weighted by atomic mass is 9.99. The van der Waals surface area contributed by atoms with Gasteiger partial charge in [0.2, 0.25) is 0 Å². The Hall–Kier alpha value is -1.46. The molecule has 0 N–H and O–H groups in total. The molecule has 1 nitrogen and oxygen atoms in total. The van der Waals surface area contributed by atoms with Crippen molar-refractivity contribution < 1.29 is 26.7 Å². The fourth-order valence-corrected chi connectivity index (χ4v) is 1.36. The molecule has 17 heavy (non-hydrogen) atoms. The van der Waals surface area contributed by atoms with Crippen LogP contribution in [-0.4, -0.2) is 5.78 Å². The van der Waals surface area contributed by atoms with E-state index in [1.54, 1.807) is 0 Å². The van der Waals surface area contributed by atoms with Crippen molar-refractivity contribution in [2.75, 3.05) is 0 Å². The molecular formula is C11H9F5O. The number of hydrogen-bond donors (Lipinski definition) is 0. The highest BCUT2D eigenvalue weighted by Gasteiger charge is 2.32. The molecule has 0 spiro atoms. The first-order chi connectivity index (χ1) is 7.77. The molecule has 0 aliphatic carbocycles. The van der Waals surface area contributed by atoms with Gasteiger partial charge < -0.3 is 0 Å². The van der Waals surface area contributed by atoms with Gasteiger partial charge in [-0.25, -0.2) is 8.78 Å². The first-order valence-electron chi connectivity index (χ1n) is 4.79. The molecule has 1 rings (SSSR count). The van der Waals surface area contributed by atoms with Gasteiger partial charge in [0.1, 0.15) is 0 Å². The first-order valence-corrected chi connectivity index (χ1v) is 4.79. The van der Waals surface area contributed by atoms with E-state index in [1.165, 1.54) is 6.92 Å². The smallest absolute Gasteiger partial charge is 0.294 e. The molecule has 0 saturated heterocycles. The third-order valence-corrected chi connectivity index (χ3v) is 2.24. The molecule has 0 bridgehead atoms. The molecule has 0 aliphatic rings. The maximum atomic E-state index is 12.6. The summed E-state index contributed by atoms with van der Waals surface area (Å²) >= 11 is 0. The summed E-state index contributed by atoms with van der Waals surface area (Å²) in [6, 6.07) is 1.76. The van der Waals surface area contributed by atoms with Crippen LogP contribution in [0.4, 0.5) is 22.0 Å². The third kappa shape index (κ3) is 3.01. The molecule has 0 atom stereocenters. The Labute approximate surface area is 94.2 Å². The highest BCUT2D eigenvalue weighted by molar-refractivity contribution is 5.97. The van der Waals surface area contributed by atoms with Crippen LogP contribution < -0.4 is 0 Å². The van der Waals surface area contributed by atoms with Crippen molar-refractivity contribution >= 4 is 5.78 Å². The van der Waals surface area contributed by atoms with Crippen molar-refractivity contribution in [3.63, 3.8) is 0 Å². The lowest BCUT2D eigenvalue weighted by Gasteiger charge is -2.12. The molecule has 1 aromatic rings. The van der Waals surface area contributed by atoms with Crippen LogP contribution in [0.2, 0.25) is 0 Å². The van der Waals surface area contributed by atoms with Gasteiger partial charge in [-0.15, -0.1) is 0 Å². The summed E-state index contributed by atoms with van der Waals surface area (Å²) in [5, 5.41) is 0. The van der Waals surface area contributed by atoms with Crippen LogP contribution in [0.3, 0.4) is 0 Å². The topological polar surface area (TPSA) is 17.1 Å². The highest BCUT2D eigenvalue weighted by atomic mass is 19.4. The molecular weight excluding hydrogens is 243 g/mol. The van der Waals surface area contributed by atoms with Crippen molar-refractivity contribution in [2.45, 2.75) is 25.9 Å². The Kier molecular flexibility index (Phi) is 3.85. The normalized spacial score (nSPS) is 11.9. The Morgan fingerprint density at radius 3 is 2.29 bits per heavy atom. The van der Waals surface area contributed by atoms with Gasteiger partial charge in [0.25, 0.3) is 6.43 Å². The van der Waals surface area contributed by atoms with Crippen molar-refractivity contribution in [1.82, 2.24) is 0 Å². The quantitative estimate of drug-likeness (QED) is 0.581. The molecule has 0 unspecified atom stereocenters. The van der Waals surface area contributed by atoms with E-state index >= 15 is 0 Å². The van der Waals surface area contributed by atoms with Crippen molar-refractivity contribution in [3.05, 3.63) is 34.9 Å². The number of carbonyl (C=O) groups excluding carboxylic acids is 1. The highest BCUT2D eigenvalue weighted by Crippen LogP contribution is 2.33. The Morgan fingerprint density at radius 1 is 1.29 bits per heavy atom. The van der Waals surface area contributed by atoms with Crippen molar-refractivity contribution in [3.8, 4) is 0 Å². The van der Waals surface area contributed by atoms with Crippen LogP contribution in [0, 0.1) is 0 Å². The summed E-state index contributed by atoms with van der Waals surface area (Å²) in [5.41, 5.74) is -2.40. The Balaban J connectivity index is 3.32. The van der Waals surface area contributed by atoms with E-state index in [2.05, 4.69) is 0 Å². The summed E-state index contributed by atoms with van der Waals surface area (Å²) in [6.07, 6.45) is -7.84. The second kappa shape index (κ2) is 4.81. The van der Waals surface area contributed by atoms with E-state index in [0.717, 1.165) is 6.07 Å².